The number of carboxylic acids is 1. The molecule has 0 fully saturated rings. The molecule has 0 aliphatic heterocycles. The molecular formula is C9H11BrClNO4S2. The van der Waals surface area contributed by atoms with Crippen molar-refractivity contribution in [3.63, 3.8) is 0 Å². The zero-order valence-electron chi connectivity index (χ0n) is 9.53. The Morgan fingerprint density at radius 3 is 2.56 bits per heavy atom. The Balaban J connectivity index is 2.98. The lowest BCUT2D eigenvalue weighted by molar-refractivity contribution is -0.138. The molecule has 0 atom stereocenters. The van der Waals surface area contributed by atoms with Crippen LogP contribution in [-0.2, 0) is 14.8 Å². The topological polar surface area (TPSA) is 83.5 Å². The summed E-state index contributed by atoms with van der Waals surface area (Å²) in [5, 5.41) is 9.01. The van der Waals surface area contributed by atoms with Crippen LogP contribution in [0.4, 0.5) is 0 Å². The predicted molar refractivity (Wildman–Crippen MR) is 73.7 cm³/mol. The SMILES string of the molecule is CC(C)(CC(=O)O)NS(=O)(=O)c1cc(Cl)c(Br)s1. The molecule has 2 N–H and O–H groups in total. The van der Waals surface area contributed by atoms with E-state index in [0.29, 0.717) is 8.81 Å². The number of nitrogens with one attached hydrogen (secondary N) is 1. The molecule has 0 radical (unpaired) electrons. The Morgan fingerprint density at radius 2 is 2.17 bits per heavy atom. The van der Waals surface area contributed by atoms with Gasteiger partial charge in [0.25, 0.3) is 10.0 Å². The number of hydrogen-bond acceptors (Lipinski definition) is 4. The third-order valence-electron chi connectivity index (χ3n) is 1.89. The molecule has 9 heteroatoms. The van der Waals surface area contributed by atoms with Crippen molar-refractivity contribution >= 4 is 54.9 Å². The lowest BCUT2D eigenvalue weighted by Gasteiger charge is -2.23. The molecule has 0 spiro atoms. The molecule has 0 saturated carbocycles. The molecule has 0 saturated heterocycles. The van der Waals surface area contributed by atoms with Crippen molar-refractivity contribution in [2.75, 3.05) is 0 Å². The van der Waals surface area contributed by atoms with E-state index in [-0.39, 0.29) is 10.6 Å². The van der Waals surface area contributed by atoms with Crippen LogP contribution >= 0.6 is 38.9 Å². The molecule has 0 aliphatic carbocycles. The fourth-order valence-corrected chi connectivity index (χ4v) is 5.10. The summed E-state index contributed by atoms with van der Waals surface area (Å²) in [6.45, 7) is 3.01. The second kappa shape index (κ2) is 5.46. The molecular weight excluding hydrogens is 366 g/mol. The van der Waals surface area contributed by atoms with E-state index in [1.807, 2.05) is 0 Å². The van der Waals surface area contributed by atoms with Gasteiger partial charge in [-0.2, -0.15) is 0 Å². The third-order valence-corrected chi connectivity index (χ3v) is 6.54. The maximum Gasteiger partial charge on any atom is 0.305 e. The minimum absolute atomic E-state index is 0.0397. The zero-order valence-corrected chi connectivity index (χ0v) is 13.5. The number of thiophene rings is 1. The number of carbonyl (C=O) groups is 1. The first kappa shape index (κ1) is 15.9. The quantitative estimate of drug-likeness (QED) is 0.827. The van der Waals surface area contributed by atoms with Gasteiger partial charge in [0.2, 0.25) is 0 Å². The molecule has 5 nitrogen and oxygen atoms in total. The van der Waals surface area contributed by atoms with E-state index in [0.717, 1.165) is 11.3 Å². The van der Waals surface area contributed by atoms with Gasteiger partial charge < -0.3 is 5.11 Å². The highest BCUT2D eigenvalue weighted by Gasteiger charge is 2.30. The number of hydrogen-bond donors (Lipinski definition) is 2. The van der Waals surface area contributed by atoms with Gasteiger partial charge in [-0.05, 0) is 35.8 Å². The third kappa shape index (κ3) is 4.20. The van der Waals surface area contributed by atoms with Crippen LogP contribution in [0.1, 0.15) is 20.3 Å². The average Bonchev–Trinajstić information content (AvgIpc) is 2.42. The summed E-state index contributed by atoms with van der Waals surface area (Å²) >= 11 is 9.86. The van der Waals surface area contributed by atoms with E-state index in [4.69, 9.17) is 16.7 Å². The number of aliphatic carboxylic acids is 1. The van der Waals surface area contributed by atoms with Crippen LogP contribution in [0.25, 0.3) is 0 Å². The van der Waals surface area contributed by atoms with E-state index < -0.39 is 21.5 Å². The fraction of sp³-hybridized carbons (Fsp3) is 0.444. The van der Waals surface area contributed by atoms with Gasteiger partial charge in [0.1, 0.15) is 4.21 Å². The average molecular weight is 377 g/mol. The number of carboxylic acid groups (broad SMARTS) is 1. The van der Waals surface area contributed by atoms with E-state index >= 15 is 0 Å². The van der Waals surface area contributed by atoms with Gasteiger partial charge in [-0.3, -0.25) is 4.79 Å². The minimum atomic E-state index is -3.77. The molecule has 0 aromatic carbocycles. The summed E-state index contributed by atoms with van der Waals surface area (Å²) in [6, 6.07) is 1.31. The number of sulfonamides is 1. The summed E-state index contributed by atoms with van der Waals surface area (Å²) < 4.78 is 26.9. The normalized spacial score (nSPS) is 12.7. The first-order chi connectivity index (χ1) is 8.03. The largest absolute Gasteiger partial charge is 0.481 e. The smallest absolute Gasteiger partial charge is 0.305 e. The van der Waals surface area contributed by atoms with Crippen molar-refractivity contribution in [2.24, 2.45) is 0 Å². The van der Waals surface area contributed by atoms with Gasteiger partial charge in [-0.1, -0.05) is 11.6 Å². The summed E-state index contributed by atoms with van der Waals surface area (Å²) in [7, 11) is -3.77. The van der Waals surface area contributed by atoms with Crippen LogP contribution in [0.15, 0.2) is 14.1 Å². The second-order valence-electron chi connectivity index (χ2n) is 4.25. The molecule has 18 heavy (non-hydrogen) atoms. The van der Waals surface area contributed by atoms with Crippen molar-refractivity contribution in [3.05, 3.63) is 14.9 Å². The fourth-order valence-electron chi connectivity index (χ4n) is 1.29. The van der Waals surface area contributed by atoms with Gasteiger partial charge in [0.05, 0.1) is 15.2 Å². The lowest BCUT2D eigenvalue weighted by atomic mass is 10.0. The van der Waals surface area contributed by atoms with Crippen molar-refractivity contribution in [3.8, 4) is 0 Å². The molecule has 0 aliphatic rings. The van der Waals surface area contributed by atoms with E-state index in [9.17, 15) is 13.2 Å². The molecule has 1 heterocycles. The minimum Gasteiger partial charge on any atom is -0.481 e. The highest BCUT2D eigenvalue weighted by atomic mass is 79.9. The van der Waals surface area contributed by atoms with Gasteiger partial charge in [0.15, 0.2) is 0 Å². The summed E-state index contributed by atoms with van der Waals surface area (Å²) in [6.07, 6.45) is -0.313. The second-order valence-corrected chi connectivity index (χ2v) is 8.93. The number of halogens is 2. The summed E-state index contributed by atoms with van der Waals surface area (Å²) in [5.74, 6) is -1.08. The van der Waals surface area contributed by atoms with Crippen LogP contribution in [0.5, 0.6) is 0 Å². The molecule has 102 valence electrons. The first-order valence-electron chi connectivity index (χ1n) is 4.74. The van der Waals surface area contributed by atoms with Crippen LogP contribution in [0.2, 0.25) is 5.02 Å². The lowest BCUT2D eigenvalue weighted by Crippen LogP contribution is -2.44. The van der Waals surface area contributed by atoms with E-state index in [1.54, 1.807) is 0 Å². The van der Waals surface area contributed by atoms with E-state index in [1.165, 1.54) is 19.9 Å². The number of rotatable bonds is 5. The highest BCUT2D eigenvalue weighted by molar-refractivity contribution is 9.11. The van der Waals surface area contributed by atoms with Gasteiger partial charge in [0, 0.05) is 5.54 Å². The predicted octanol–water partition coefficient (Wildman–Crippen LogP) is 2.70. The van der Waals surface area contributed by atoms with Crippen molar-refractivity contribution in [1.29, 1.82) is 0 Å². The van der Waals surface area contributed by atoms with E-state index in [2.05, 4.69) is 20.7 Å². The van der Waals surface area contributed by atoms with Gasteiger partial charge >= 0.3 is 5.97 Å². The molecule has 1 rings (SSSR count). The Labute approximate surface area is 122 Å². The van der Waals surface area contributed by atoms with Crippen LogP contribution in [0.3, 0.4) is 0 Å². The monoisotopic (exact) mass is 375 g/mol. The zero-order chi connectivity index (χ0) is 14.1. The molecule has 1 aromatic rings. The van der Waals surface area contributed by atoms with Gasteiger partial charge in [-0.25, -0.2) is 13.1 Å². The maximum atomic E-state index is 12.0. The maximum absolute atomic E-state index is 12.0. The van der Waals surface area contributed by atoms with Crippen molar-refractivity contribution in [2.45, 2.75) is 30.0 Å². The Morgan fingerprint density at radius 1 is 1.61 bits per heavy atom. The van der Waals surface area contributed by atoms with Crippen molar-refractivity contribution in [1.82, 2.24) is 4.72 Å². The first-order valence-corrected chi connectivity index (χ1v) is 8.21. The highest BCUT2D eigenvalue weighted by Crippen LogP contribution is 2.35. The Kier molecular flexibility index (Phi) is 4.82. The molecule has 1 aromatic heterocycles. The summed E-state index contributed by atoms with van der Waals surface area (Å²) in [4.78, 5) is 10.6. The van der Waals surface area contributed by atoms with Crippen LogP contribution < -0.4 is 4.72 Å². The van der Waals surface area contributed by atoms with Crippen molar-refractivity contribution < 1.29 is 18.3 Å². The molecule has 0 bridgehead atoms. The standard InChI is InChI=1S/C9H11BrClNO4S2/c1-9(2,4-6(13)14)12-18(15,16)7-3-5(11)8(10)17-7/h3,12H,4H2,1-2H3,(H,13,14). The van der Waals surface area contributed by atoms with Crippen LogP contribution in [0, 0.1) is 0 Å². The molecule has 0 amide bonds. The Bertz CT molecular complexity index is 548. The summed E-state index contributed by atoms with van der Waals surface area (Å²) in [5.41, 5.74) is -1.08. The van der Waals surface area contributed by atoms with Gasteiger partial charge in [-0.15, -0.1) is 11.3 Å². The molecule has 0 unspecified atom stereocenters. The van der Waals surface area contributed by atoms with Crippen LogP contribution in [-0.4, -0.2) is 25.0 Å². The Hall–Kier alpha value is -0.150.